The van der Waals surface area contributed by atoms with Gasteiger partial charge >= 0.3 is 6.18 Å². The number of hydrogen-bond donors (Lipinski definition) is 1. The van der Waals surface area contributed by atoms with Crippen LogP contribution in [0.4, 0.5) is 30.5 Å². The molecule has 1 unspecified atom stereocenters. The number of benzene rings is 1. The van der Waals surface area contributed by atoms with E-state index < -0.39 is 16.6 Å². The monoisotopic (exact) mass is 593 g/mol. The second kappa shape index (κ2) is 11.4. The van der Waals surface area contributed by atoms with Gasteiger partial charge < -0.3 is 10.2 Å². The lowest BCUT2D eigenvalue weighted by molar-refractivity contribution is -0.134. The molecule has 2 aliphatic rings. The highest BCUT2D eigenvalue weighted by atomic mass is 32.1. The zero-order valence-electron chi connectivity index (χ0n) is 23.3. The number of alkyl halides is 3. The van der Waals surface area contributed by atoms with E-state index in [0.29, 0.717) is 23.0 Å². The van der Waals surface area contributed by atoms with Crippen LogP contribution >= 0.6 is 11.5 Å². The van der Waals surface area contributed by atoms with Crippen molar-refractivity contribution in [2.45, 2.75) is 45.5 Å². The molecule has 0 spiro atoms. The molecule has 12 heteroatoms. The Bertz CT molecular complexity index is 1720. The Morgan fingerprint density at radius 1 is 1.14 bits per heavy atom. The molecule has 218 valence electrons. The van der Waals surface area contributed by atoms with Crippen LogP contribution in [0.1, 0.15) is 42.7 Å². The number of halogens is 3. The number of pyridine rings is 1. The average Bonchev–Trinajstić information content (AvgIpc) is 3.63. The van der Waals surface area contributed by atoms with Crippen LogP contribution < -0.4 is 15.8 Å². The minimum absolute atomic E-state index is 0.00739. The third kappa shape index (κ3) is 5.84. The Balaban J connectivity index is 1.31. The van der Waals surface area contributed by atoms with E-state index >= 15 is 0 Å². The first-order valence-electron chi connectivity index (χ1n) is 13.9. The van der Waals surface area contributed by atoms with Gasteiger partial charge in [0.15, 0.2) is 0 Å². The lowest BCUT2D eigenvalue weighted by atomic mass is 10.1. The summed E-state index contributed by atoms with van der Waals surface area (Å²) >= 11 is 0.357. The maximum absolute atomic E-state index is 13.6. The summed E-state index contributed by atoms with van der Waals surface area (Å²) in [7, 11) is 0. The van der Waals surface area contributed by atoms with E-state index in [-0.39, 0.29) is 35.2 Å². The average molecular weight is 594 g/mol. The summed E-state index contributed by atoms with van der Waals surface area (Å²) in [5, 5.41) is 3.67. The topological polar surface area (TPSA) is 79.2 Å². The Kier molecular flexibility index (Phi) is 7.64. The van der Waals surface area contributed by atoms with Crippen molar-refractivity contribution in [2.75, 3.05) is 36.4 Å². The minimum Gasteiger partial charge on any atom is -0.369 e. The molecule has 8 nitrogen and oxygen atoms in total. The molecule has 4 aromatic rings. The lowest BCUT2D eigenvalue weighted by Gasteiger charge is -2.38. The molecular weight excluding hydrogens is 563 g/mol. The number of piperazine rings is 1. The number of fused-ring (bicyclic) bond motifs is 2. The zero-order chi connectivity index (χ0) is 29.4. The number of nitrogens with one attached hydrogen (secondary N) is 1. The van der Waals surface area contributed by atoms with Crippen molar-refractivity contribution < 1.29 is 13.2 Å². The van der Waals surface area contributed by atoms with Crippen molar-refractivity contribution in [2.24, 2.45) is 5.92 Å². The zero-order valence-corrected chi connectivity index (χ0v) is 24.1. The van der Waals surface area contributed by atoms with E-state index in [0.717, 1.165) is 37.2 Å². The van der Waals surface area contributed by atoms with E-state index in [1.54, 1.807) is 12.3 Å². The van der Waals surface area contributed by atoms with Gasteiger partial charge in [-0.1, -0.05) is 25.7 Å². The first-order chi connectivity index (χ1) is 20.2. The first kappa shape index (κ1) is 28.2. The highest BCUT2D eigenvalue weighted by Crippen LogP contribution is 2.35. The number of rotatable bonds is 5. The van der Waals surface area contributed by atoms with Crippen molar-refractivity contribution in [3.8, 4) is 11.8 Å². The van der Waals surface area contributed by atoms with Crippen molar-refractivity contribution in [3.05, 3.63) is 69.1 Å². The van der Waals surface area contributed by atoms with Crippen molar-refractivity contribution >= 4 is 39.9 Å². The lowest BCUT2D eigenvalue weighted by Crippen LogP contribution is -2.50. The van der Waals surface area contributed by atoms with Gasteiger partial charge in [-0.3, -0.25) is 14.3 Å². The van der Waals surface area contributed by atoms with Crippen LogP contribution in [0.2, 0.25) is 0 Å². The van der Waals surface area contributed by atoms with Crippen molar-refractivity contribution in [1.82, 2.24) is 23.8 Å². The van der Waals surface area contributed by atoms with Crippen LogP contribution in [0.5, 0.6) is 0 Å². The molecule has 2 fully saturated rings. The molecule has 0 saturated carbocycles. The molecule has 6 rings (SSSR count). The molecule has 0 aliphatic carbocycles. The van der Waals surface area contributed by atoms with Crippen LogP contribution in [0, 0.1) is 17.8 Å². The summed E-state index contributed by atoms with van der Waals surface area (Å²) in [6.07, 6.45) is 0.622. The number of aromatic nitrogens is 4. The number of hydrogen-bond acceptors (Lipinski definition) is 8. The van der Waals surface area contributed by atoms with Gasteiger partial charge in [-0.15, -0.1) is 0 Å². The molecular formula is C30H30F3N7OS. The molecule has 0 radical (unpaired) electrons. The van der Waals surface area contributed by atoms with Gasteiger partial charge in [-0.25, -0.2) is 9.36 Å². The van der Waals surface area contributed by atoms with E-state index in [1.165, 1.54) is 24.0 Å². The van der Waals surface area contributed by atoms with Crippen molar-refractivity contribution in [1.29, 1.82) is 0 Å². The largest absolute Gasteiger partial charge is 0.427 e. The minimum atomic E-state index is -4.58. The summed E-state index contributed by atoms with van der Waals surface area (Å²) in [6.45, 7) is 7.72. The molecule has 42 heavy (non-hydrogen) atoms. The van der Waals surface area contributed by atoms with E-state index in [2.05, 4.69) is 53.4 Å². The SMILES string of the molecule is CC(C)C#Cc1cc2cnc(Nc3ccc(N4CCN5CCCC5C4)cc3)nc2n(Cc2cnsc2C(F)(F)F)c1=O. The van der Waals surface area contributed by atoms with Crippen LogP contribution in [0.15, 0.2) is 47.5 Å². The van der Waals surface area contributed by atoms with Crippen LogP contribution in [-0.2, 0) is 12.7 Å². The summed E-state index contributed by atoms with van der Waals surface area (Å²) < 4.78 is 45.8. The number of nitrogens with zero attached hydrogens (tertiary/aromatic N) is 6. The van der Waals surface area contributed by atoms with Gasteiger partial charge in [-0.2, -0.15) is 18.2 Å². The van der Waals surface area contributed by atoms with E-state index in [1.807, 2.05) is 26.0 Å². The summed E-state index contributed by atoms with van der Waals surface area (Å²) in [4.78, 5) is 26.6. The Labute approximate surface area is 245 Å². The summed E-state index contributed by atoms with van der Waals surface area (Å²) in [5.74, 6) is 6.06. The Morgan fingerprint density at radius 2 is 1.95 bits per heavy atom. The standard InChI is InChI=1S/C30H30F3N7OS/c1-19(2)5-6-20-14-21-15-34-29(37-27(21)40(28(20)41)17-22-16-35-42-26(22)30(31,32)33)36-23-7-9-24(10-8-23)39-13-12-38-11-3-4-25(38)18-39/h7-10,14-16,19,25H,3-4,11-13,17-18H2,1-2H3,(H,34,36,37). The second-order valence-electron chi connectivity index (χ2n) is 11.0. The smallest absolute Gasteiger partial charge is 0.369 e. The fraction of sp³-hybridized carbons (Fsp3) is 0.400. The van der Waals surface area contributed by atoms with Gasteiger partial charge in [0.1, 0.15) is 10.5 Å². The molecule has 5 heterocycles. The predicted molar refractivity (Wildman–Crippen MR) is 158 cm³/mol. The molecule has 1 aromatic carbocycles. The first-order valence-corrected chi connectivity index (χ1v) is 14.7. The highest BCUT2D eigenvalue weighted by Gasteiger charge is 2.36. The van der Waals surface area contributed by atoms with Crippen LogP contribution in [0.3, 0.4) is 0 Å². The fourth-order valence-corrected chi connectivity index (χ4v) is 6.19. The molecule has 1 N–H and O–H groups in total. The van der Waals surface area contributed by atoms with Gasteiger partial charge in [0.2, 0.25) is 5.95 Å². The Hall–Kier alpha value is -3.95. The maximum Gasteiger partial charge on any atom is 0.427 e. The fourth-order valence-electron chi connectivity index (χ4n) is 5.56. The third-order valence-corrected chi connectivity index (χ3v) is 8.52. The van der Waals surface area contributed by atoms with Crippen LogP contribution in [-0.4, -0.2) is 56.0 Å². The molecule has 0 amide bonds. The van der Waals surface area contributed by atoms with Crippen molar-refractivity contribution in [3.63, 3.8) is 0 Å². The molecule has 1 atom stereocenters. The van der Waals surface area contributed by atoms with E-state index in [9.17, 15) is 18.0 Å². The highest BCUT2D eigenvalue weighted by molar-refractivity contribution is 7.06. The third-order valence-electron chi connectivity index (χ3n) is 7.63. The van der Waals surface area contributed by atoms with Gasteiger partial charge in [0.25, 0.3) is 5.56 Å². The maximum atomic E-state index is 13.6. The van der Waals surface area contributed by atoms with Gasteiger partial charge in [0.05, 0.1) is 12.1 Å². The van der Waals surface area contributed by atoms with Gasteiger partial charge in [0, 0.05) is 66.3 Å². The summed E-state index contributed by atoms with van der Waals surface area (Å²) in [5.41, 5.74) is 1.66. The van der Waals surface area contributed by atoms with Crippen LogP contribution in [0.25, 0.3) is 11.0 Å². The predicted octanol–water partition coefficient (Wildman–Crippen LogP) is 5.35. The van der Waals surface area contributed by atoms with Gasteiger partial charge in [-0.05, 0) is 61.3 Å². The molecule has 2 aliphatic heterocycles. The Morgan fingerprint density at radius 3 is 2.71 bits per heavy atom. The normalized spacial score (nSPS) is 17.4. The summed E-state index contributed by atoms with van der Waals surface area (Å²) in [6, 6.07) is 10.2. The molecule has 0 bridgehead atoms. The second-order valence-corrected chi connectivity index (χ2v) is 11.8. The molecule has 2 saturated heterocycles. The number of anilines is 3. The quantitative estimate of drug-likeness (QED) is 0.313. The van der Waals surface area contributed by atoms with E-state index in [4.69, 9.17) is 0 Å². The molecule has 3 aromatic heterocycles.